The van der Waals surface area contributed by atoms with Gasteiger partial charge < -0.3 is 10.6 Å². The van der Waals surface area contributed by atoms with Gasteiger partial charge in [-0.05, 0) is 62.3 Å². The van der Waals surface area contributed by atoms with Crippen LogP contribution < -0.4 is 10.6 Å². The first kappa shape index (κ1) is 20.1. The average molecular weight is 400 g/mol. The molecule has 4 nitrogen and oxygen atoms in total. The molecule has 2 aromatic carbocycles. The average Bonchev–Trinajstić information content (AvgIpc) is 2.79. The molecule has 0 spiro atoms. The molecule has 4 rings (SSSR count). The number of carbonyl (C=O) groups is 1. The lowest BCUT2D eigenvalue weighted by Crippen LogP contribution is -2.25. The molecule has 2 N–H and O–H groups in total. The third-order valence-corrected chi connectivity index (χ3v) is 5.74. The number of rotatable bonds is 7. The summed E-state index contributed by atoms with van der Waals surface area (Å²) >= 11 is 0. The summed E-state index contributed by atoms with van der Waals surface area (Å²) in [5.41, 5.74) is 5.20. The van der Waals surface area contributed by atoms with E-state index in [1.54, 1.807) is 0 Å². The number of hydrogen-bond donors (Lipinski definition) is 2. The smallest absolute Gasteiger partial charge is 0.252 e. The third kappa shape index (κ3) is 4.70. The lowest BCUT2D eigenvalue weighted by molar-refractivity contribution is 0.0955. The number of aryl methyl sites for hydroxylation is 1. The minimum atomic E-state index is -0.0446. The lowest BCUT2D eigenvalue weighted by atomic mass is 9.97. The summed E-state index contributed by atoms with van der Waals surface area (Å²) in [6, 6.07) is 17.9. The molecule has 1 aliphatic carbocycles. The van der Waals surface area contributed by atoms with Crippen LogP contribution in [0.15, 0.2) is 66.2 Å². The largest absolute Gasteiger partial charge is 0.352 e. The minimum Gasteiger partial charge on any atom is -0.352 e. The molecular formula is C26H29N3O. The number of carbonyl (C=O) groups excluding carboxylic acids is 1. The molecule has 1 amide bonds. The summed E-state index contributed by atoms with van der Waals surface area (Å²) in [7, 11) is 0. The van der Waals surface area contributed by atoms with Crippen LogP contribution in [0.1, 0.15) is 54.9 Å². The van der Waals surface area contributed by atoms with E-state index in [2.05, 4.69) is 29.7 Å². The molecule has 1 aromatic heterocycles. The second-order valence-corrected chi connectivity index (χ2v) is 7.82. The van der Waals surface area contributed by atoms with E-state index >= 15 is 0 Å². The zero-order valence-electron chi connectivity index (χ0n) is 17.6. The van der Waals surface area contributed by atoms with Gasteiger partial charge in [-0.15, -0.1) is 0 Å². The Balaban J connectivity index is 1.56. The SMILES string of the molecule is CCc1ccccc1Nc1cc(C(=O)NCCC2=CCCCC2)c2ccccc2n1. The molecule has 0 saturated heterocycles. The van der Waals surface area contributed by atoms with E-state index in [9.17, 15) is 4.79 Å². The van der Waals surface area contributed by atoms with Gasteiger partial charge in [0.05, 0.1) is 11.1 Å². The predicted molar refractivity (Wildman–Crippen MR) is 124 cm³/mol. The highest BCUT2D eigenvalue weighted by molar-refractivity contribution is 6.07. The summed E-state index contributed by atoms with van der Waals surface area (Å²) < 4.78 is 0. The first-order valence-corrected chi connectivity index (χ1v) is 11.0. The molecule has 0 atom stereocenters. The molecule has 154 valence electrons. The predicted octanol–water partition coefficient (Wildman–Crippen LogP) is 6.16. The number of allylic oxidation sites excluding steroid dienone is 1. The zero-order valence-corrected chi connectivity index (χ0v) is 17.6. The van der Waals surface area contributed by atoms with Gasteiger partial charge in [-0.3, -0.25) is 4.79 Å². The van der Waals surface area contributed by atoms with E-state index in [1.807, 2.05) is 48.5 Å². The van der Waals surface area contributed by atoms with Gasteiger partial charge in [-0.1, -0.05) is 55.0 Å². The van der Waals surface area contributed by atoms with Crippen molar-refractivity contribution >= 4 is 28.3 Å². The van der Waals surface area contributed by atoms with Gasteiger partial charge in [0.15, 0.2) is 0 Å². The van der Waals surface area contributed by atoms with Crippen LogP contribution in [-0.2, 0) is 6.42 Å². The summed E-state index contributed by atoms with van der Waals surface area (Å²) in [6.45, 7) is 2.80. The van der Waals surface area contributed by atoms with Crippen molar-refractivity contribution in [2.75, 3.05) is 11.9 Å². The van der Waals surface area contributed by atoms with Crippen molar-refractivity contribution in [3.05, 3.63) is 77.4 Å². The third-order valence-electron chi connectivity index (χ3n) is 5.74. The van der Waals surface area contributed by atoms with Crippen LogP contribution in [0.25, 0.3) is 10.9 Å². The fraction of sp³-hybridized carbons (Fsp3) is 0.308. The second kappa shape index (κ2) is 9.57. The number of benzene rings is 2. The molecular weight excluding hydrogens is 370 g/mol. The quantitative estimate of drug-likeness (QED) is 0.468. The van der Waals surface area contributed by atoms with Gasteiger partial charge in [0.2, 0.25) is 0 Å². The number of anilines is 2. The highest BCUT2D eigenvalue weighted by atomic mass is 16.1. The van der Waals surface area contributed by atoms with Crippen molar-refractivity contribution in [3.63, 3.8) is 0 Å². The van der Waals surface area contributed by atoms with E-state index in [0.29, 0.717) is 17.9 Å². The Morgan fingerprint density at radius 3 is 2.73 bits per heavy atom. The number of aromatic nitrogens is 1. The Hall–Kier alpha value is -3.14. The molecule has 1 heterocycles. The van der Waals surface area contributed by atoms with E-state index in [4.69, 9.17) is 4.98 Å². The Morgan fingerprint density at radius 2 is 1.90 bits per heavy atom. The molecule has 3 aromatic rings. The van der Waals surface area contributed by atoms with Crippen molar-refractivity contribution < 1.29 is 4.79 Å². The van der Waals surface area contributed by atoms with E-state index in [1.165, 1.54) is 36.8 Å². The second-order valence-electron chi connectivity index (χ2n) is 7.82. The standard InChI is InChI=1S/C26H29N3O/c1-2-20-12-6-8-14-23(20)28-25-18-22(21-13-7-9-15-24(21)29-25)26(30)27-17-16-19-10-4-3-5-11-19/h6-10,12-15,18H,2-5,11,16-17H2,1H3,(H,27,30)(H,28,29). The number of amides is 1. The Kier molecular flexibility index (Phi) is 6.43. The topological polar surface area (TPSA) is 54.0 Å². The number of para-hydroxylation sites is 2. The lowest BCUT2D eigenvalue weighted by Gasteiger charge is -2.15. The normalized spacial score (nSPS) is 13.7. The van der Waals surface area contributed by atoms with Gasteiger partial charge in [-0.2, -0.15) is 0 Å². The van der Waals surface area contributed by atoms with Gasteiger partial charge in [-0.25, -0.2) is 4.98 Å². The highest BCUT2D eigenvalue weighted by Gasteiger charge is 2.14. The first-order valence-electron chi connectivity index (χ1n) is 11.0. The number of hydrogen-bond acceptors (Lipinski definition) is 3. The molecule has 0 unspecified atom stereocenters. The fourth-order valence-corrected chi connectivity index (χ4v) is 4.08. The molecule has 0 bridgehead atoms. The summed E-state index contributed by atoms with van der Waals surface area (Å²) in [6.07, 6.45) is 9.10. The van der Waals surface area contributed by atoms with Crippen LogP contribution in [0.3, 0.4) is 0 Å². The van der Waals surface area contributed by atoms with Gasteiger partial charge in [0, 0.05) is 17.6 Å². The van der Waals surface area contributed by atoms with Crippen LogP contribution in [-0.4, -0.2) is 17.4 Å². The van der Waals surface area contributed by atoms with Crippen molar-refractivity contribution in [3.8, 4) is 0 Å². The maximum Gasteiger partial charge on any atom is 0.252 e. The summed E-state index contributed by atoms with van der Waals surface area (Å²) in [4.78, 5) is 17.8. The van der Waals surface area contributed by atoms with Crippen LogP contribution in [0, 0.1) is 0 Å². The Bertz CT molecular complexity index is 1070. The molecule has 1 aliphatic rings. The van der Waals surface area contributed by atoms with Crippen LogP contribution in [0.4, 0.5) is 11.5 Å². The van der Waals surface area contributed by atoms with Crippen molar-refractivity contribution in [2.24, 2.45) is 0 Å². The van der Waals surface area contributed by atoms with Crippen molar-refractivity contribution in [1.29, 1.82) is 0 Å². The molecule has 0 radical (unpaired) electrons. The minimum absolute atomic E-state index is 0.0446. The van der Waals surface area contributed by atoms with Crippen molar-refractivity contribution in [1.82, 2.24) is 10.3 Å². The zero-order chi connectivity index (χ0) is 20.8. The van der Waals surface area contributed by atoms with Gasteiger partial charge in [0.1, 0.15) is 5.82 Å². The van der Waals surface area contributed by atoms with Crippen LogP contribution >= 0.6 is 0 Å². The maximum atomic E-state index is 13.0. The Labute approximate surface area is 178 Å². The first-order chi connectivity index (χ1) is 14.7. The monoisotopic (exact) mass is 399 g/mol. The summed E-state index contributed by atoms with van der Waals surface area (Å²) in [5.74, 6) is 0.645. The molecule has 4 heteroatoms. The highest BCUT2D eigenvalue weighted by Crippen LogP contribution is 2.25. The molecule has 30 heavy (non-hydrogen) atoms. The molecule has 0 saturated carbocycles. The van der Waals surface area contributed by atoms with E-state index in [0.717, 1.165) is 29.4 Å². The van der Waals surface area contributed by atoms with Gasteiger partial charge >= 0.3 is 0 Å². The Morgan fingerprint density at radius 1 is 1.07 bits per heavy atom. The molecule has 0 aliphatic heterocycles. The number of nitrogens with zero attached hydrogens (tertiary/aromatic N) is 1. The van der Waals surface area contributed by atoms with Crippen LogP contribution in [0.2, 0.25) is 0 Å². The maximum absolute atomic E-state index is 13.0. The number of fused-ring (bicyclic) bond motifs is 1. The van der Waals surface area contributed by atoms with Crippen molar-refractivity contribution in [2.45, 2.75) is 45.4 Å². The summed E-state index contributed by atoms with van der Waals surface area (Å²) in [5, 5.41) is 7.41. The van der Waals surface area contributed by atoms with Gasteiger partial charge in [0.25, 0.3) is 5.91 Å². The number of pyridine rings is 1. The van der Waals surface area contributed by atoms with Crippen LogP contribution in [0.5, 0.6) is 0 Å². The van der Waals surface area contributed by atoms with E-state index < -0.39 is 0 Å². The number of nitrogens with one attached hydrogen (secondary N) is 2. The van der Waals surface area contributed by atoms with E-state index in [-0.39, 0.29) is 5.91 Å². The molecule has 0 fully saturated rings. The fourth-order valence-electron chi connectivity index (χ4n) is 4.08.